The van der Waals surface area contributed by atoms with Crippen molar-refractivity contribution in [1.29, 1.82) is 0 Å². The molecule has 0 atom stereocenters. The van der Waals surface area contributed by atoms with Gasteiger partial charge in [-0.25, -0.2) is 9.13 Å². The Labute approximate surface area is 90.7 Å². The van der Waals surface area contributed by atoms with Crippen LogP contribution in [0.3, 0.4) is 0 Å². The summed E-state index contributed by atoms with van der Waals surface area (Å²) in [6.45, 7) is 4.29. The number of aromatic nitrogens is 2. The highest BCUT2D eigenvalue weighted by atomic mass is 79.9. The molecule has 0 saturated heterocycles. The molecule has 0 saturated carbocycles. The summed E-state index contributed by atoms with van der Waals surface area (Å²) in [6.07, 6.45) is 10.8. The zero-order valence-electron chi connectivity index (χ0n) is 8.50. The van der Waals surface area contributed by atoms with Gasteiger partial charge in [0, 0.05) is 6.92 Å². The molecule has 1 aromatic heterocycles. The van der Waals surface area contributed by atoms with Crippen LogP contribution in [0.15, 0.2) is 18.5 Å². The van der Waals surface area contributed by atoms with E-state index in [1.165, 1.54) is 12.2 Å². The highest BCUT2D eigenvalue weighted by molar-refractivity contribution is 5.22. The molecule has 0 amide bonds. The van der Waals surface area contributed by atoms with E-state index in [-0.39, 0.29) is 17.0 Å². The summed E-state index contributed by atoms with van der Waals surface area (Å²) in [5.41, 5.74) is 0. The first-order chi connectivity index (χ1) is 5.75. The maximum Gasteiger partial charge on any atom is 0.257 e. The van der Waals surface area contributed by atoms with Gasteiger partial charge >= 0.3 is 0 Å². The minimum absolute atomic E-state index is 0. The second-order valence-corrected chi connectivity index (χ2v) is 3.04. The SMILES string of the molecule is CCCC=Cn1cc[n+](C)c1C.[Br-]. The summed E-state index contributed by atoms with van der Waals surface area (Å²) in [7, 11) is 2.06. The maximum absolute atomic E-state index is 2.20. The Bertz CT molecular complexity index is 276. The lowest BCUT2D eigenvalue weighted by atomic mass is 10.3. The van der Waals surface area contributed by atoms with Gasteiger partial charge in [0.25, 0.3) is 5.82 Å². The fourth-order valence-electron chi connectivity index (χ4n) is 1.08. The Kier molecular flexibility index (Phi) is 5.71. The molecule has 3 heteroatoms. The molecule has 0 spiro atoms. The van der Waals surface area contributed by atoms with E-state index in [9.17, 15) is 0 Å². The fourth-order valence-corrected chi connectivity index (χ4v) is 1.08. The minimum atomic E-state index is 0. The third-order valence-corrected chi connectivity index (χ3v) is 2.06. The van der Waals surface area contributed by atoms with Gasteiger partial charge in [0.05, 0.1) is 13.2 Å². The molecule has 2 nitrogen and oxygen atoms in total. The van der Waals surface area contributed by atoms with E-state index >= 15 is 0 Å². The molecular formula is C10H17BrN2. The molecule has 0 N–H and O–H groups in total. The Balaban J connectivity index is 0.00000144. The first-order valence-electron chi connectivity index (χ1n) is 4.45. The molecule has 0 fully saturated rings. The van der Waals surface area contributed by atoms with Crippen LogP contribution in [0.2, 0.25) is 0 Å². The van der Waals surface area contributed by atoms with Crippen LogP contribution in [0.1, 0.15) is 25.6 Å². The van der Waals surface area contributed by atoms with Gasteiger partial charge in [-0.15, -0.1) is 0 Å². The van der Waals surface area contributed by atoms with Crippen molar-refractivity contribution in [2.45, 2.75) is 26.7 Å². The normalized spacial score (nSPS) is 10.4. The molecule has 1 rings (SSSR count). The number of hydrogen-bond donors (Lipinski definition) is 0. The lowest BCUT2D eigenvalue weighted by molar-refractivity contribution is -0.676. The molecule has 0 aliphatic carbocycles. The molecule has 0 bridgehead atoms. The standard InChI is InChI=1S/C10H17N2.BrH/c1-4-5-6-7-12-9-8-11(3)10(12)2;/h6-9H,4-5H2,1-3H3;1H/q+1;/p-1. The van der Waals surface area contributed by atoms with Gasteiger partial charge in [0.1, 0.15) is 12.4 Å². The van der Waals surface area contributed by atoms with Gasteiger partial charge in [0.2, 0.25) is 0 Å². The summed E-state index contributed by atoms with van der Waals surface area (Å²) >= 11 is 0. The first-order valence-corrected chi connectivity index (χ1v) is 4.45. The predicted octanol–water partition coefficient (Wildman–Crippen LogP) is -1.10. The second-order valence-electron chi connectivity index (χ2n) is 3.04. The van der Waals surface area contributed by atoms with Gasteiger partial charge in [-0.3, -0.25) is 0 Å². The Hall–Kier alpha value is -0.570. The van der Waals surface area contributed by atoms with Gasteiger partial charge in [-0.1, -0.05) is 13.3 Å². The van der Waals surface area contributed by atoms with Crippen LogP contribution in [0.4, 0.5) is 0 Å². The molecule has 0 radical (unpaired) electrons. The highest BCUT2D eigenvalue weighted by Gasteiger charge is 2.03. The molecule has 74 valence electrons. The molecule has 0 unspecified atom stereocenters. The summed E-state index contributed by atoms with van der Waals surface area (Å²) in [4.78, 5) is 0. The van der Waals surface area contributed by atoms with Crippen molar-refractivity contribution >= 4 is 6.20 Å². The summed E-state index contributed by atoms with van der Waals surface area (Å²) in [6, 6.07) is 0. The van der Waals surface area contributed by atoms with Gasteiger partial charge in [0.15, 0.2) is 0 Å². The van der Waals surface area contributed by atoms with Gasteiger partial charge in [-0.2, -0.15) is 0 Å². The van der Waals surface area contributed by atoms with E-state index in [1.54, 1.807) is 0 Å². The van der Waals surface area contributed by atoms with Crippen LogP contribution < -0.4 is 21.5 Å². The number of aryl methyl sites for hydroxylation is 1. The van der Waals surface area contributed by atoms with Crippen LogP contribution >= 0.6 is 0 Å². The zero-order valence-corrected chi connectivity index (χ0v) is 10.1. The van der Waals surface area contributed by atoms with Gasteiger partial charge in [-0.05, 0) is 12.5 Å². The maximum atomic E-state index is 2.20. The van der Waals surface area contributed by atoms with Crippen molar-refractivity contribution in [1.82, 2.24) is 4.57 Å². The molecular weight excluding hydrogens is 228 g/mol. The summed E-state index contributed by atoms with van der Waals surface area (Å²) < 4.78 is 4.24. The highest BCUT2D eigenvalue weighted by Crippen LogP contribution is 1.96. The van der Waals surface area contributed by atoms with Crippen LogP contribution in [0.25, 0.3) is 6.20 Å². The van der Waals surface area contributed by atoms with Crippen molar-refractivity contribution in [2.75, 3.05) is 0 Å². The van der Waals surface area contributed by atoms with E-state index in [1.807, 2.05) is 0 Å². The Morgan fingerprint density at radius 2 is 2.23 bits per heavy atom. The van der Waals surface area contributed by atoms with Crippen LogP contribution in [-0.4, -0.2) is 4.57 Å². The van der Waals surface area contributed by atoms with Gasteiger partial charge < -0.3 is 17.0 Å². The number of halogens is 1. The van der Waals surface area contributed by atoms with Crippen molar-refractivity contribution in [3.63, 3.8) is 0 Å². The fraction of sp³-hybridized carbons (Fsp3) is 0.500. The summed E-state index contributed by atoms with van der Waals surface area (Å²) in [5, 5.41) is 0. The van der Waals surface area contributed by atoms with E-state index in [0.29, 0.717) is 0 Å². The van der Waals surface area contributed by atoms with Crippen molar-refractivity contribution in [2.24, 2.45) is 7.05 Å². The predicted molar refractivity (Wildman–Crippen MR) is 50.6 cm³/mol. The van der Waals surface area contributed by atoms with Crippen LogP contribution in [0, 0.1) is 6.92 Å². The molecule has 1 heterocycles. The number of hydrogen-bond acceptors (Lipinski definition) is 0. The topological polar surface area (TPSA) is 8.81 Å². The first kappa shape index (κ1) is 12.4. The minimum Gasteiger partial charge on any atom is -1.00 e. The van der Waals surface area contributed by atoms with E-state index in [4.69, 9.17) is 0 Å². The van der Waals surface area contributed by atoms with Crippen molar-refractivity contribution < 1.29 is 21.5 Å². The van der Waals surface area contributed by atoms with E-state index in [2.05, 4.69) is 54.7 Å². The number of unbranched alkanes of at least 4 members (excludes halogenated alkanes) is 1. The van der Waals surface area contributed by atoms with E-state index < -0.39 is 0 Å². The molecule has 0 aliphatic heterocycles. The second kappa shape index (κ2) is 5.97. The van der Waals surface area contributed by atoms with Crippen molar-refractivity contribution in [3.8, 4) is 0 Å². The average molecular weight is 245 g/mol. The smallest absolute Gasteiger partial charge is 0.257 e. The lowest BCUT2D eigenvalue weighted by Crippen LogP contribution is -3.00. The number of nitrogens with zero attached hydrogens (tertiary/aromatic N) is 2. The van der Waals surface area contributed by atoms with E-state index in [0.717, 1.165) is 6.42 Å². The van der Waals surface area contributed by atoms with Crippen LogP contribution in [0.5, 0.6) is 0 Å². The monoisotopic (exact) mass is 244 g/mol. The van der Waals surface area contributed by atoms with Crippen LogP contribution in [-0.2, 0) is 7.05 Å². The third kappa shape index (κ3) is 3.35. The van der Waals surface area contributed by atoms with Crippen molar-refractivity contribution in [3.05, 3.63) is 24.3 Å². The molecule has 13 heavy (non-hydrogen) atoms. The molecule has 0 aliphatic rings. The Morgan fingerprint density at radius 3 is 2.69 bits per heavy atom. The lowest BCUT2D eigenvalue weighted by Gasteiger charge is -1.89. The Morgan fingerprint density at radius 1 is 1.54 bits per heavy atom. The number of rotatable bonds is 3. The molecule has 1 aromatic rings. The zero-order chi connectivity index (χ0) is 8.97. The average Bonchev–Trinajstić information content (AvgIpc) is 2.36. The third-order valence-electron chi connectivity index (χ3n) is 2.06. The largest absolute Gasteiger partial charge is 1.00 e. The summed E-state index contributed by atoms with van der Waals surface area (Å²) in [5.74, 6) is 1.25. The number of allylic oxidation sites excluding steroid dienone is 1. The quantitative estimate of drug-likeness (QED) is 0.597. The number of imidazole rings is 1. The molecule has 0 aromatic carbocycles.